The molecule has 3 aromatic rings. The zero-order valence-corrected chi connectivity index (χ0v) is 20.8. The van der Waals surface area contributed by atoms with Crippen LogP contribution in [-0.2, 0) is 22.3 Å². The minimum absolute atomic E-state index is 0.278. The number of hydrogen-bond donors (Lipinski definition) is 0. The monoisotopic (exact) mass is 454 g/mol. The number of ether oxygens (including phenoxy) is 2. The Hall–Kier alpha value is -2.68. The molecule has 0 bridgehead atoms. The van der Waals surface area contributed by atoms with Crippen LogP contribution in [0, 0.1) is 5.41 Å². The largest absolute Gasteiger partial charge is 0.381 e. The van der Waals surface area contributed by atoms with Crippen LogP contribution in [0.25, 0.3) is 28.3 Å². The van der Waals surface area contributed by atoms with E-state index in [1.54, 1.807) is 0 Å². The van der Waals surface area contributed by atoms with E-state index in [0.29, 0.717) is 0 Å². The Kier molecular flexibility index (Phi) is 8.37. The highest BCUT2D eigenvalue weighted by Crippen LogP contribution is 2.32. The lowest BCUT2D eigenvalue weighted by Gasteiger charge is -2.40. The first-order valence-electron chi connectivity index (χ1n) is 12.8. The summed E-state index contributed by atoms with van der Waals surface area (Å²) in [7, 11) is 0. The average Bonchev–Trinajstić information content (AvgIpc) is 2.86. The Morgan fingerprint density at radius 2 is 1.47 bits per heavy atom. The second-order valence-electron chi connectivity index (χ2n) is 9.69. The van der Waals surface area contributed by atoms with Gasteiger partial charge in [0.25, 0.3) is 0 Å². The van der Waals surface area contributed by atoms with Crippen LogP contribution in [0.3, 0.4) is 0 Å². The Morgan fingerprint density at radius 3 is 2.00 bits per heavy atom. The van der Waals surface area contributed by atoms with Crippen LogP contribution in [0.4, 0.5) is 0 Å². The standard InChI is InChI=1S/C32H38O2/c1-4-8-27-19-30(28-14-10-25(5-2)11-15-28)21-31(20-27)29-16-12-26(13-17-29)9-7-18-33-22-32(6-3)23-34-24-32/h5,10-17,19-21H,2,4,6-9,18,22-24H2,1,3H3. The van der Waals surface area contributed by atoms with Crippen molar-refractivity contribution in [2.24, 2.45) is 5.41 Å². The van der Waals surface area contributed by atoms with Gasteiger partial charge in [0.2, 0.25) is 0 Å². The molecule has 3 aromatic carbocycles. The molecule has 2 heteroatoms. The van der Waals surface area contributed by atoms with Crippen LogP contribution in [0.1, 0.15) is 49.8 Å². The van der Waals surface area contributed by atoms with E-state index in [9.17, 15) is 0 Å². The molecule has 0 unspecified atom stereocenters. The van der Waals surface area contributed by atoms with Gasteiger partial charge in [0.15, 0.2) is 0 Å². The molecule has 0 radical (unpaired) electrons. The van der Waals surface area contributed by atoms with Gasteiger partial charge in [0.1, 0.15) is 0 Å². The molecular formula is C32H38O2. The molecule has 1 saturated heterocycles. The van der Waals surface area contributed by atoms with Gasteiger partial charge in [-0.15, -0.1) is 0 Å². The molecule has 1 heterocycles. The topological polar surface area (TPSA) is 18.5 Å². The van der Waals surface area contributed by atoms with Crippen molar-refractivity contribution in [3.05, 3.63) is 90.0 Å². The van der Waals surface area contributed by atoms with Crippen molar-refractivity contribution in [2.75, 3.05) is 26.4 Å². The molecule has 0 aromatic heterocycles. The van der Waals surface area contributed by atoms with E-state index < -0.39 is 0 Å². The lowest BCUT2D eigenvalue weighted by molar-refractivity contribution is -0.150. The Bertz CT molecular complexity index is 1050. The fourth-order valence-electron chi connectivity index (χ4n) is 4.58. The van der Waals surface area contributed by atoms with Gasteiger partial charge in [0, 0.05) is 12.0 Å². The fourth-order valence-corrected chi connectivity index (χ4v) is 4.58. The predicted molar refractivity (Wildman–Crippen MR) is 144 cm³/mol. The van der Waals surface area contributed by atoms with Crippen LogP contribution in [0.5, 0.6) is 0 Å². The van der Waals surface area contributed by atoms with E-state index in [2.05, 4.69) is 87.2 Å². The maximum atomic E-state index is 5.97. The molecule has 0 N–H and O–H groups in total. The number of rotatable bonds is 12. The molecule has 2 nitrogen and oxygen atoms in total. The van der Waals surface area contributed by atoms with E-state index in [-0.39, 0.29) is 5.41 Å². The fraction of sp³-hybridized carbons (Fsp3) is 0.375. The number of aryl methyl sites for hydroxylation is 2. The summed E-state index contributed by atoms with van der Waals surface area (Å²) in [6, 6.07) is 24.7. The molecule has 4 rings (SSSR count). The molecule has 1 fully saturated rings. The van der Waals surface area contributed by atoms with Gasteiger partial charge in [-0.3, -0.25) is 0 Å². The Morgan fingerprint density at radius 1 is 0.824 bits per heavy atom. The lowest BCUT2D eigenvalue weighted by Crippen LogP contribution is -2.45. The molecule has 1 aliphatic rings. The van der Waals surface area contributed by atoms with Gasteiger partial charge in [-0.05, 0) is 70.7 Å². The van der Waals surface area contributed by atoms with E-state index in [1.807, 2.05) is 6.08 Å². The molecule has 0 aliphatic carbocycles. The van der Waals surface area contributed by atoms with Crippen molar-refractivity contribution in [2.45, 2.75) is 46.0 Å². The third-order valence-corrected chi connectivity index (χ3v) is 7.03. The SMILES string of the molecule is C=Cc1ccc(-c2cc(CCC)cc(-c3ccc(CCCOCC4(CC)COC4)cc3)c2)cc1. The number of benzene rings is 3. The highest BCUT2D eigenvalue weighted by Gasteiger charge is 2.36. The molecule has 1 aliphatic heterocycles. The maximum absolute atomic E-state index is 5.97. The molecule has 178 valence electrons. The first kappa shape index (κ1) is 24.4. The van der Waals surface area contributed by atoms with Crippen molar-refractivity contribution in [3.63, 3.8) is 0 Å². The van der Waals surface area contributed by atoms with Gasteiger partial charge in [-0.1, -0.05) is 93.6 Å². The molecule has 0 amide bonds. The second kappa shape index (κ2) is 11.6. The van der Waals surface area contributed by atoms with Crippen LogP contribution in [0.15, 0.2) is 73.3 Å². The van der Waals surface area contributed by atoms with Gasteiger partial charge < -0.3 is 9.47 Å². The van der Waals surface area contributed by atoms with Crippen LogP contribution in [0.2, 0.25) is 0 Å². The summed E-state index contributed by atoms with van der Waals surface area (Å²) in [5.41, 5.74) is 9.28. The zero-order valence-electron chi connectivity index (χ0n) is 20.8. The summed E-state index contributed by atoms with van der Waals surface area (Å²) in [6.07, 6.45) is 7.36. The predicted octanol–water partition coefficient (Wildman–Crippen LogP) is 7.99. The Balaban J connectivity index is 1.40. The molecule has 0 atom stereocenters. The van der Waals surface area contributed by atoms with Gasteiger partial charge >= 0.3 is 0 Å². The van der Waals surface area contributed by atoms with Crippen LogP contribution < -0.4 is 0 Å². The van der Waals surface area contributed by atoms with Crippen LogP contribution in [-0.4, -0.2) is 26.4 Å². The third-order valence-electron chi connectivity index (χ3n) is 7.03. The second-order valence-corrected chi connectivity index (χ2v) is 9.69. The van der Waals surface area contributed by atoms with E-state index in [1.165, 1.54) is 33.4 Å². The van der Waals surface area contributed by atoms with Gasteiger partial charge in [-0.2, -0.15) is 0 Å². The molecule has 0 saturated carbocycles. The van der Waals surface area contributed by atoms with Crippen molar-refractivity contribution < 1.29 is 9.47 Å². The summed E-state index contributed by atoms with van der Waals surface area (Å²) in [5, 5.41) is 0. The highest BCUT2D eigenvalue weighted by molar-refractivity contribution is 5.75. The average molecular weight is 455 g/mol. The molecule has 34 heavy (non-hydrogen) atoms. The summed E-state index contributed by atoms with van der Waals surface area (Å²) in [5.74, 6) is 0. The van der Waals surface area contributed by atoms with Crippen molar-refractivity contribution in [3.8, 4) is 22.3 Å². The van der Waals surface area contributed by atoms with E-state index in [0.717, 1.165) is 64.1 Å². The van der Waals surface area contributed by atoms with E-state index >= 15 is 0 Å². The zero-order chi connectivity index (χ0) is 23.8. The summed E-state index contributed by atoms with van der Waals surface area (Å²) >= 11 is 0. The minimum Gasteiger partial charge on any atom is -0.381 e. The first-order chi connectivity index (χ1) is 16.6. The maximum Gasteiger partial charge on any atom is 0.0566 e. The quantitative estimate of drug-likeness (QED) is 0.258. The number of hydrogen-bond acceptors (Lipinski definition) is 2. The summed E-state index contributed by atoms with van der Waals surface area (Å²) in [4.78, 5) is 0. The van der Waals surface area contributed by atoms with Crippen molar-refractivity contribution in [1.29, 1.82) is 0 Å². The van der Waals surface area contributed by atoms with E-state index in [4.69, 9.17) is 9.47 Å². The third kappa shape index (κ3) is 6.05. The molecular weight excluding hydrogens is 416 g/mol. The van der Waals surface area contributed by atoms with Crippen molar-refractivity contribution >= 4 is 6.08 Å². The highest BCUT2D eigenvalue weighted by atomic mass is 16.5. The van der Waals surface area contributed by atoms with Crippen molar-refractivity contribution in [1.82, 2.24) is 0 Å². The molecule has 0 spiro atoms. The van der Waals surface area contributed by atoms with Gasteiger partial charge in [0.05, 0.1) is 19.8 Å². The normalized spacial score (nSPS) is 14.5. The van der Waals surface area contributed by atoms with Crippen LogP contribution >= 0.6 is 0 Å². The summed E-state index contributed by atoms with van der Waals surface area (Å²) in [6.45, 7) is 11.7. The minimum atomic E-state index is 0.278. The first-order valence-corrected chi connectivity index (χ1v) is 12.8. The lowest BCUT2D eigenvalue weighted by atomic mass is 9.84. The Labute approximate surface area is 205 Å². The van der Waals surface area contributed by atoms with Gasteiger partial charge in [-0.25, -0.2) is 0 Å². The summed E-state index contributed by atoms with van der Waals surface area (Å²) < 4.78 is 11.3. The smallest absolute Gasteiger partial charge is 0.0566 e.